The molecule has 1 amide bonds. The third-order valence-electron chi connectivity index (χ3n) is 3.04. The van der Waals surface area contributed by atoms with Crippen molar-refractivity contribution >= 4 is 54.6 Å². The van der Waals surface area contributed by atoms with E-state index in [0.29, 0.717) is 11.0 Å². The summed E-state index contributed by atoms with van der Waals surface area (Å²) in [4.78, 5) is 16.8. The van der Waals surface area contributed by atoms with Crippen LogP contribution in [-0.2, 0) is 4.74 Å². The molecule has 8 heteroatoms. The topological polar surface area (TPSA) is 71.5 Å². The van der Waals surface area contributed by atoms with E-state index in [4.69, 9.17) is 4.55 Å². The number of aryl methyl sites for hydroxylation is 1. The van der Waals surface area contributed by atoms with E-state index >= 15 is 0 Å². The van der Waals surface area contributed by atoms with Crippen LogP contribution < -0.4 is 5.32 Å². The van der Waals surface area contributed by atoms with Gasteiger partial charge in [0, 0.05) is 4.90 Å². The smallest absolute Gasteiger partial charge is 0.413 e. The van der Waals surface area contributed by atoms with E-state index < -0.39 is 6.09 Å². The molecule has 1 aromatic carbocycles. The molecule has 0 spiro atoms. The van der Waals surface area contributed by atoms with Gasteiger partial charge < -0.3 is 9.29 Å². The summed E-state index contributed by atoms with van der Waals surface area (Å²) in [5.74, 6) is 0.296. The molecule has 2 aromatic rings. The van der Waals surface area contributed by atoms with E-state index in [1.165, 1.54) is 29.2 Å². The van der Waals surface area contributed by atoms with Gasteiger partial charge in [0.2, 0.25) is 0 Å². The number of benzene rings is 1. The Labute approximate surface area is 135 Å². The minimum absolute atomic E-state index is 0.296. The Hall–Kier alpha value is -0.960. The molecule has 0 bridgehead atoms. The number of hydrogen-bond donors (Lipinski definition) is 2. The fourth-order valence-corrected chi connectivity index (χ4v) is 4.25. The summed E-state index contributed by atoms with van der Waals surface area (Å²) >= 11 is 2.14. The summed E-state index contributed by atoms with van der Waals surface area (Å²) in [6, 6.07) is 2.05. The molecule has 0 aliphatic rings. The first kappa shape index (κ1) is 16.4. The van der Waals surface area contributed by atoms with Gasteiger partial charge in [-0.1, -0.05) is 25.2 Å². The molecule has 0 fully saturated rings. The molecule has 1 heterocycles. The number of ether oxygens (including phenoxy) is 1. The number of carbonyl (C=O) groups excluding carboxylic acids is 1. The van der Waals surface area contributed by atoms with E-state index in [0.717, 1.165) is 37.3 Å². The van der Waals surface area contributed by atoms with Crippen molar-refractivity contribution in [1.82, 2.24) is 4.98 Å². The number of anilines is 1. The summed E-state index contributed by atoms with van der Waals surface area (Å²) < 4.78 is 14.7. The van der Waals surface area contributed by atoms with Gasteiger partial charge in [-0.25, -0.2) is 9.78 Å². The molecule has 0 aliphatic heterocycles. The maximum atomic E-state index is 11.3. The first-order valence-electron chi connectivity index (χ1n) is 6.25. The SMILES string of the molecule is COC(=O)Nc1nc2c(C(C)C)cc(SSO)c(C)c2s1. The second-order valence-corrected chi connectivity index (χ2v) is 7.42. The van der Waals surface area contributed by atoms with Gasteiger partial charge in [0.1, 0.15) is 0 Å². The highest BCUT2D eigenvalue weighted by molar-refractivity contribution is 8.74. The molecule has 0 saturated carbocycles. The largest absolute Gasteiger partial charge is 0.453 e. The number of carbonyl (C=O) groups is 1. The number of hydrogen-bond acceptors (Lipinski definition) is 7. The summed E-state index contributed by atoms with van der Waals surface area (Å²) in [6.45, 7) is 6.18. The minimum atomic E-state index is -0.529. The molecule has 2 rings (SSSR count). The number of nitrogens with one attached hydrogen (secondary N) is 1. The fourth-order valence-electron chi connectivity index (χ4n) is 1.96. The van der Waals surface area contributed by atoms with Crippen LogP contribution >= 0.6 is 33.2 Å². The number of methoxy groups -OCH3 is 1. The molecule has 0 aliphatic carbocycles. The van der Waals surface area contributed by atoms with Gasteiger partial charge in [-0.15, -0.1) is 0 Å². The average molecular weight is 344 g/mol. The third-order valence-corrected chi connectivity index (χ3v) is 5.57. The van der Waals surface area contributed by atoms with E-state index in [-0.39, 0.29) is 0 Å². The molecule has 1 aromatic heterocycles. The number of thiazole rings is 1. The maximum absolute atomic E-state index is 11.3. The first-order chi connectivity index (χ1) is 9.97. The van der Waals surface area contributed by atoms with Crippen LogP contribution in [0.25, 0.3) is 10.2 Å². The van der Waals surface area contributed by atoms with Crippen LogP contribution in [0.2, 0.25) is 0 Å². The summed E-state index contributed by atoms with van der Waals surface area (Å²) in [7, 11) is 2.64. The normalized spacial score (nSPS) is 11.1. The van der Waals surface area contributed by atoms with Crippen LogP contribution in [0, 0.1) is 6.92 Å². The standard InChI is InChI=1S/C13H16N2O3S3/c1-6(2)8-5-9(20-21-17)7(3)11-10(8)14-12(19-11)15-13(16)18-4/h5-6,17H,1-4H3,(H,14,15,16). The molecule has 5 nitrogen and oxygen atoms in total. The average Bonchev–Trinajstić information content (AvgIpc) is 2.85. The number of rotatable bonds is 4. The van der Waals surface area contributed by atoms with Crippen LogP contribution in [0.1, 0.15) is 30.9 Å². The summed E-state index contributed by atoms with van der Waals surface area (Å²) in [6.07, 6.45) is -0.529. The zero-order valence-electron chi connectivity index (χ0n) is 12.1. The van der Waals surface area contributed by atoms with E-state index in [1.54, 1.807) is 0 Å². The summed E-state index contributed by atoms with van der Waals surface area (Å²) in [5, 5.41) is 3.13. The monoisotopic (exact) mass is 344 g/mol. The quantitative estimate of drug-likeness (QED) is 0.592. The van der Waals surface area contributed by atoms with Gasteiger partial charge in [-0.3, -0.25) is 5.32 Å². The lowest BCUT2D eigenvalue weighted by Crippen LogP contribution is -2.10. The maximum Gasteiger partial charge on any atom is 0.413 e. The fraction of sp³-hybridized carbons (Fsp3) is 0.385. The van der Waals surface area contributed by atoms with E-state index in [1.807, 2.05) is 6.92 Å². The number of nitrogens with zero attached hydrogens (tertiary/aromatic N) is 1. The highest BCUT2D eigenvalue weighted by Gasteiger charge is 2.17. The molecule has 0 atom stereocenters. The number of amides is 1. The second kappa shape index (κ2) is 6.87. The molecule has 0 unspecified atom stereocenters. The molecule has 21 heavy (non-hydrogen) atoms. The third kappa shape index (κ3) is 3.45. The van der Waals surface area contributed by atoms with Crippen molar-refractivity contribution in [3.8, 4) is 0 Å². The molecule has 0 saturated heterocycles. The summed E-state index contributed by atoms with van der Waals surface area (Å²) in [5.41, 5.74) is 3.05. The van der Waals surface area contributed by atoms with Gasteiger partial charge in [0.25, 0.3) is 0 Å². The Morgan fingerprint density at radius 1 is 1.52 bits per heavy atom. The van der Waals surface area contributed by atoms with Crippen molar-refractivity contribution in [3.63, 3.8) is 0 Å². The Kier molecular flexibility index (Phi) is 5.37. The van der Waals surface area contributed by atoms with Crippen molar-refractivity contribution in [1.29, 1.82) is 0 Å². The first-order valence-corrected chi connectivity index (χ1v) is 9.17. The number of fused-ring (bicyclic) bond motifs is 1. The Morgan fingerprint density at radius 3 is 2.81 bits per heavy atom. The van der Waals surface area contributed by atoms with Crippen LogP contribution in [0.5, 0.6) is 0 Å². The van der Waals surface area contributed by atoms with Gasteiger partial charge in [0.05, 0.1) is 28.4 Å². The Balaban J connectivity index is 2.59. The molecular formula is C13H16N2O3S3. The van der Waals surface area contributed by atoms with Crippen molar-refractivity contribution in [2.45, 2.75) is 31.6 Å². The van der Waals surface area contributed by atoms with E-state index in [2.05, 4.69) is 35.0 Å². The lowest BCUT2D eigenvalue weighted by Gasteiger charge is -2.11. The van der Waals surface area contributed by atoms with Crippen molar-refractivity contribution < 1.29 is 14.1 Å². The lowest BCUT2D eigenvalue weighted by molar-refractivity contribution is 0.187. The van der Waals surface area contributed by atoms with Gasteiger partial charge in [-0.2, -0.15) is 0 Å². The van der Waals surface area contributed by atoms with Crippen LogP contribution in [0.4, 0.5) is 9.93 Å². The van der Waals surface area contributed by atoms with Crippen LogP contribution in [-0.4, -0.2) is 22.7 Å². The molecule has 0 radical (unpaired) electrons. The number of aromatic nitrogens is 1. The predicted molar refractivity (Wildman–Crippen MR) is 90.6 cm³/mol. The zero-order valence-corrected chi connectivity index (χ0v) is 14.5. The molecule has 2 N–H and O–H groups in total. The van der Waals surface area contributed by atoms with Gasteiger partial charge in [-0.05, 0) is 40.8 Å². The Morgan fingerprint density at radius 2 is 2.24 bits per heavy atom. The Bertz CT molecular complexity index is 670. The highest BCUT2D eigenvalue weighted by atomic mass is 33.1. The second-order valence-electron chi connectivity index (χ2n) is 4.71. The minimum Gasteiger partial charge on any atom is -0.453 e. The zero-order chi connectivity index (χ0) is 15.6. The lowest BCUT2D eigenvalue weighted by atomic mass is 10.0. The van der Waals surface area contributed by atoms with Gasteiger partial charge >= 0.3 is 6.09 Å². The van der Waals surface area contributed by atoms with Crippen LogP contribution in [0.3, 0.4) is 0 Å². The van der Waals surface area contributed by atoms with E-state index in [9.17, 15) is 4.79 Å². The van der Waals surface area contributed by atoms with Crippen molar-refractivity contribution in [3.05, 3.63) is 17.2 Å². The highest BCUT2D eigenvalue weighted by Crippen LogP contribution is 2.41. The van der Waals surface area contributed by atoms with Gasteiger partial charge in [0.15, 0.2) is 5.13 Å². The predicted octanol–water partition coefficient (Wildman–Crippen LogP) is 5.12. The van der Waals surface area contributed by atoms with Crippen molar-refractivity contribution in [2.24, 2.45) is 0 Å². The van der Waals surface area contributed by atoms with Crippen LogP contribution in [0.15, 0.2) is 11.0 Å². The molecule has 114 valence electrons. The molecular weight excluding hydrogens is 328 g/mol. The van der Waals surface area contributed by atoms with Crippen molar-refractivity contribution in [2.75, 3.05) is 12.4 Å².